The first-order valence-electron chi connectivity index (χ1n) is 5.42. The van der Waals surface area contributed by atoms with E-state index in [2.05, 4.69) is 5.32 Å². The minimum atomic E-state index is -5.25. The molecule has 0 bridgehead atoms. The van der Waals surface area contributed by atoms with E-state index < -0.39 is 20.2 Å². The molecule has 7 heteroatoms. The van der Waals surface area contributed by atoms with Crippen LogP contribution in [-0.4, -0.2) is 27.0 Å². The molecule has 1 N–H and O–H groups in total. The second-order valence-electron chi connectivity index (χ2n) is 4.32. The Labute approximate surface area is 103 Å². The van der Waals surface area contributed by atoms with Crippen molar-refractivity contribution >= 4 is 9.84 Å². The lowest BCUT2D eigenvalue weighted by Gasteiger charge is -2.27. The summed E-state index contributed by atoms with van der Waals surface area (Å²) in [7, 11) is -5.24. The maximum absolute atomic E-state index is 12.4. The van der Waals surface area contributed by atoms with Gasteiger partial charge in [0.15, 0.2) is 0 Å². The molecule has 0 spiro atoms. The highest BCUT2D eigenvalue weighted by Gasteiger charge is 2.46. The Morgan fingerprint density at radius 3 is 2.44 bits per heavy atom. The molecule has 0 atom stereocenters. The molecule has 0 unspecified atom stereocenters. The monoisotopic (exact) mass is 279 g/mol. The molecule has 100 valence electrons. The van der Waals surface area contributed by atoms with E-state index >= 15 is 0 Å². The molecular formula is C11H12F3NO2S. The fraction of sp³-hybridized carbons (Fsp3) is 0.455. The molecule has 2 rings (SSSR count). The van der Waals surface area contributed by atoms with Crippen LogP contribution in [0, 0.1) is 5.92 Å². The van der Waals surface area contributed by atoms with Gasteiger partial charge in [0, 0.05) is 0 Å². The van der Waals surface area contributed by atoms with Crippen LogP contribution in [0.4, 0.5) is 13.2 Å². The quantitative estimate of drug-likeness (QED) is 0.916. The molecule has 0 aliphatic carbocycles. The largest absolute Gasteiger partial charge is 0.501 e. The Hall–Kier alpha value is -1.08. The Bertz CT molecular complexity index is 535. The van der Waals surface area contributed by atoms with Crippen LogP contribution in [0.2, 0.25) is 0 Å². The summed E-state index contributed by atoms with van der Waals surface area (Å²) in [5.74, 6) is 0.369. The fourth-order valence-corrected chi connectivity index (χ4v) is 2.63. The summed E-state index contributed by atoms with van der Waals surface area (Å²) in [5, 5.41) is 3.05. The highest BCUT2D eigenvalue weighted by atomic mass is 32.2. The summed E-state index contributed by atoms with van der Waals surface area (Å²) in [6.45, 7) is 1.63. The average molecular weight is 279 g/mol. The Morgan fingerprint density at radius 2 is 1.94 bits per heavy atom. The standard InChI is InChI=1S/C11H12F3NO2S/c12-11(13,14)18(16,17)10-3-1-2-8(5-10)4-9-6-15-7-9/h1-3,5,9,15H,4,6-7H2. The summed E-state index contributed by atoms with van der Waals surface area (Å²) >= 11 is 0. The van der Waals surface area contributed by atoms with E-state index in [0.717, 1.165) is 25.2 Å². The van der Waals surface area contributed by atoms with Crippen LogP contribution in [0.1, 0.15) is 5.56 Å². The number of nitrogens with one attached hydrogen (secondary N) is 1. The third-order valence-electron chi connectivity index (χ3n) is 2.90. The predicted octanol–water partition coefficient (Wildman–Crippen LogP) is 1.74. The number of rotatable bonds is 3. The van der Waals surface area contributed by atoms with E-state index in [1.54, 1.807) is 6.07 Å². The first-order valence-corrected chi connectivity index (χ1v) is 6.90. The van der Waals surface area contributed by atoms with Crippen LogP contribution >= 0.6 is 0 Å². The van der Waals surface area contributed by atoms with Crippen LogP contribution in [0.3, 0.4) is 0 Å². The van der Waals surface area contributed by atoms with Crippen molar-refractivity contribution in [2.75, 3.05) is 13.1 Å². The van der Waals surface area contributed by atoms with Gasteiger partial charge in [-0.3, -0.25) is 0 Å². The summed E-state index contributed by atoms with van der Waals surface area (Å²) in [4.78, 5) is -0.681. The van der Waals surface area contributed by atoms with Crippen LogP contribution < -0.4 is 5.32 Å². The number of hydrogen-bond donors (Lipinski definition) is 1. The molecule has 1 aliphatic rings. The third kappa shape index (κ3) is 2.51. The van der Waals surface area contributed by atoms with Crippen molar-refractivity contribution < 1.29 is 21.6 Å². The molecule has 0 amide bonds. The number of sulfone groups is 1. The van der Waals surface area contributed by atoms with Gasteiger partial charge in [-0.25, -0.2) is 8.42 Å². The molecule has 1 aromatic carbocycles. The molecule has 1 fully saturated rings. The summed E-state index contributed by atoms with van der Waals surface area (Å²) in [6.07, 6.45) is 0.591. The molecule has 1 aliphatic heterocycles. The second-order valence-corrected chi connectivity index (χ2v) is 6.27. The van der Waals surface area contributed by atoms with Crippen LogP contribution in [0.5, 0.6) is 0 Å². The van der Waals surface area contributed by atoms with Crippen molar-refractivity contribution in [3.05, 3.63) is 29.8 Å². The predicted molar refractivity (Wildman–Crippen MR) is 59.7 cm³/mol. The molecule has 0 aromatic heterocycles. The summed E-state index contributed by atoms with van der Waals surface area (Å²) in [5.41, 5.74) is -4.63. The van der Waals surface area contributed by atoms with Crippen molar-refractivity contribution in [2.45, 2.75) is 16.8 Å². The average Bonchev–Trinajstić information content (AvgIpc) is 2.22. The van der Waals surface area contributed by atoms with Gasteiger partial charge in [-0.15, -0.1) is 0 Å². The van der Waals surface area contributed by atoms with Gasteiger partial charge >= 0.3 is 5.51 Å². The minimum Gasteiger partial charge on any atom is -0.316 e. The Kier molecular flexibility index (Phi) is 3.37. The molecule has 3 nitrogen and oxygen atoms in total. The molecule has 1 aromatic rings. The first kappa shape index (κ1) is 13.4. The van der Waals surface area contributed by atoms with Crippen molar-refractivity contribution in [1.82, 2.24) is 5.32 Å². The van der Waals surface area contributed by atoms with Crippen LogP contribution in [0.15, 0.2) is 29.2 Å². The highest BCUT2D eigenvalue weighted by Crippen LogP contribution is 2.30. The van der Waals surface area contributed by atoms with Crippen molar-refractivity contribution in [2.24, 2.45) is 5.92 Å². The number of halogens is 3. The van der Waals surface area contributed by atoms with E-state index in [1.807, 2.05) is 0 Å². The van der Waals surface area contributed by atoms with E-state index in [9.17, 15) is 21.6 Å². The van der Waals surface area contributed by atoms with Gasteiger partial charge in [0.25, 0.3) is 9.84 Å². The molecule has 1 heterocycles. The maximum Gasteiger partial charge on any atom is 0.501 e. The highest BCUT2D eigenvalue weighted by molar-refractivity contribution is 7.92. The van der Waals surface area contributed by atoms with Crippen molar-refractivity contribution in [1.29, 1.82) is 0 Å². The van der Waals surface area contributed by atoms with E-state index in [0.29, 0.717) is 17.9 Å². The van der Waals surface area contributed by atoms with Crippen molar-refractivity contribution in [3.63, 3.8) is 0 Å². The zero-order chi connectivity index (χ0) is 13.4. The lowest BCUT2D eigenvalue weighted by molar-refractivity contribution is -0.0436. The lowest BCUT2D eigenvalue weighted by Crippen LogP contribution is -2.43. The van der Waals surface area contributed by atoms with Gasteiger partial charge in [-0.05, 0) is 43.1 Å². The Morgan fingerprint density at radius 1 is 1.28 bits per heavy atom. The zero-order valence-electron chi connectivity index (χ0n) is 9.37. The van der Waals surface area contributed by atoms with Crippen LogP contribution in [0.25, 0.3) is 0 Å². The van der Waals surface area contributed by atoms with Gasteiger partial charge in [0.2, 0.25) is 0 Å². The fourth-order valence-electron chi connectivity index (χ4n) is 1.80. The van der Waals surface area contributed by atoms with E-state index in [1.165, 1.54) is 6.07 Å². The molecule has 1 saturated heterocycles. The normalized spacial score (nSPS) is 17.5. The number of hydrogen-bond acceptors (Lipinski definition) is 3. The molecule has 0 radical (unpaired) electrons. The smallest absolute Gasteiger partial charge is 0.316 e. The third-order valence-corrected chi connectivity index (χ3v) is 4.39. The lowest BCUT2D eigenvalue weighted by atomic mass is 9.94. The van der Waals surface area contributed by atoms with Gasteiger partial charge in [-0.1, -0.05) is 12.1 Å². The van der Waals surface area contributed by atoms with Gasteiger partial charge < -0.3 is 5.32 Å². The minimum absolute atomic E-state index is 0.369. The van der Waals surface area contributed by atoms with Gasteiger partial charge in [-0.2, -0.15) is 13.2 Å². The zero-order valence-corrected chi connectivity index (χ0v) is 10.2. The van der Waals surface area contributed by atoms with E-state index in [4.69, 9.17) is 0 Å². The SMILES string of the molecule is O=S(=O)(c1cccc(CC2CNC2)c1)C(F)(F)F. The number of alkyl halides is 3. The van der Waals surface area contributed by atoms with Crippen LogP contribution in [-0.2, 0) is 16.3 Å². The first-order chi connectivity index (χ1) is 8.30. The van der Waals surface area contributed by atoms with Crippen molar-refractivity contribution in [3.8, 4) is 0 Å². The second kappa shape index (κ2) is 4.55. The molecule has 18 heavy (non-hydrogen) atoms. The van der Waals surface area contributed by atoms with Gasteiger partial charge in [0.05, 0.1) is 4.90 Å². The molecule has 0 saturated carbocycles. The van der Waals surface area contributed by atoms with Gasteiger partial charge in [0.1, 0.15) is 0 Å². The van der Waals surface area contributed by atoms with E-state index in [-0.39, 0.29) is 0 Å². The maximum atomic E-state index is 12.4. The number of benzene rings is 1. The Balaban J connectivity index is 2.26. The summed E-state index contributed by atoms with van der Waals surface area (Å²) < 4.78 is 59.7. The molecular weight excluding hydrogens is 267 g/mol. The summed E-state index contributed by atoms with van der Waals surface area (Å²) in [6, 6.07) is 5.08. The topological polar surface area (TPSA) is 46.2 Å².